The van der Waals surface area contributed by atoms with Gasteiger partial charge in [-0.1, -0.05) is 25.8 Å². The van der Waals surface area contributed by atoms with Gasteiger partial charge in [-0.3, -0.25) is 9.59 Å². The number of hydrogen-bond donors (Lipinski definition) is 2. The van der Waals surface area contributed by atoms with Crippen LogP contribution in [0.25, 0.3) is 0 Å². The molecule has 0 spiro atoms. The summed E-state index contributed by atoms with van der Waals surface area (Å²) in [5, 5.41) is 5.15. The van der Waals surface area contributed by atoms with Crippen molar-refractivity contribution in [2.45, 2.75) is 38.6 Å². The zero-order valence-electron chi connectivity index (χ0n) is 11.5. The number of carbonyl (C=O) groups is 2. The maximum atomic E-state index is 13.0. The van der Waals surface area contributed by atoms with E-state index in [-0.39, 0.29) is 11.7 Å². The van der Waals surface area contributed by atoms with Crippen LogP contribution in [0.2, 0.25) is 0 Å². The fourth-order valence-electron chi connectivity index (χ4n) is 2.52. The number of halogens is 1. The van der Waals surface area contributed by atoms with Gasteiger partial charge in [0.05, 0.1) is 0 Å². The molecule has 0 aromatic heterocycles. The van der Waals surface area contributed by atoms with E-state index in [4.69, 9.17) is 0 Å². The standard InChI is InChI=1S/C15H19FN2O2/c1-10-5-2-3-8-13(10)18-15(20)14(19)17-12-7-4-6-11(16)9-12/h4,6-7,9-10,13H,2-3,5,8H2,1H3,(H,17,19)(H,18,20)/t10-,13-/m1/s1. The van der Waals surface area contributed by atoms with E-state index in [0.717, 1.165) is 19.3 Å². The highest BCUT2D eigenvalue weighted by Gasteiger charge is 2.25. The average Bonchev–Trinajstić information content (AvgIpc) is 2.41. The molecule has 0 aliphatic heterocycles. The maximum Gasteiger partial charge on any atom is 0.313 e. The highest BCUT2D eigenvalue weighted by atomic mass is 19.1. The number of amides is 2. The number of benzene rings is 1. The predicted molar refractivity (Wildman–Crippen MR) is 74.6 cm³/mol. The molecule has 2 rings (SSSR count). The second kappa shape index (κ2) is 6.50. The van der Waals surface area contributed by atoms with Gasteiger partial charge in [-0.25, -0.2) is 4.39 Å². The minimum Gasteiger partial charge on any atom is -0.345 e. The zero-order chi connectivity index (χ0) is 14.5. The second-order valence-electron chi connectivity index (χ2n) is 5.31. The first kappa shape index (κ1) is 14.5. The monoisotopic (exact) mass is 278 g/mol. The molecule has 1 aliphatic carbocycles. The smallest absolute Gasteiger partial charge is 0.313 e. The summed E-state index contributed by atoms with van der Waals surface area (Å²) in [4.78, 5) is 23.6. The average molecular weight is 278 g/mol. The summed E-state index contributed by atoms with van der Waals surface area (Å²) in [5.41, 5.74) is 0.279. The molecule has 2 N–H and O–H groups in total. The van der Waals surface area contributed by atoms with Gasteiger partial charge in [0.2, 0.25) is 0 Å². The molecule has 0 unspecified atom stereocenters. The van der Waals surface area contributed by atoms with E-state index >= 15 is 0 Å². The van der Waals surface area contributed by atoms with E-state index in [1.165, 1.54) is 30.7 Å². The topological polar surface area (TPSA) is 58.2 Å². The molecule has 5 heteroatoms. The van der Waals surface area contributed by atoms with Crippen molar-refractivity contribution >= 4 is 17.5 Å². The summed E-state index contributed by atoms with van der Waals surface area (Å²) < 4.78 is 13.0. The van der Waals surface area contributed by atoms with Gasteiger partial charge in [-0.2, -0.15) is 0 Å². The lowest BCUT2D eigenvalue weighted by atomic mass is 9.86. The molecule has 2 atom stereocenters. The predicted octanol–water partition coefficient (Wildman–Crippen LogP) is 2.46. The van der Waals surface area contributed by atoms with Crippen molar-refractivity contribution in [3.63, 3.8) is 0 Å². The van der Waals surface area contributed by atoms with Crippen LogP contribution < -0.4 is 10.6 Å². The number of nitrogens with one attached hydrogen (secondary N) is 2. The molecule has 2 amide bonds. The van der Waals surface area contributed by atoms with Gasteiger partial charge < -0.3 is 10.6 Å². The van der Waals surface area contributed by atoms with Crippen LogP contribution in [-0.2, 0) is 9.59 Å². The van der Waals surface area contributed by atoms with Crippen molar-refractivity contribution in [2.24, 2.45) is 5.92 Å². The SMILES string of the molecule is C[C@@H]1CCCC[C@H]1NC(=O)C(=O)Nc1cccc(F)c1. The summed E-state index contributed by atoms with van der Waals surface area (Å²) in [6, 6.07) is 5.52. The molecule has 1 aliphatic rings. The Morgan fingerprint density at radius 3 is 2.65 bits per heavy atom. The third-order valence-electron chi connectivity index (χ3n) is 3.72. The fraction of sp³-hybridized carbons (Fsp3) is 0.467. The van der Waals surface area contributed by atoms with E-state index in [1.54, 1.807) is 0 Å². The van der Waals surface area contributed by atoms with Gasteiger partial charge in [0, 0.05) is 11.7 Å². The molecule has 1 aromatic rings. The van der Waals surface area contributed by atoms with Crippen LogP contribution >= 0.6 is 0 Å². The van der Waals surface area contributed by atoms with Crippen molar-refractivity contribution in [2.75, 3.05) is 5.32 Å². The molecule has 108 valence electrons. The van der Waals surface area contributed by atoms with Gasteiger partial charge in [0.1, 0.15) is 5.82 Å². The van der Waals surface area contributed by atoms with Crippen LogP contribution in [0.1, 0.15) is 32.6 Å². The van der Waals surface area contributed by atoms with Crippen LogP contribution in [0.3, 0.4) is 0 Å². The Hall–Kier alpha value is -1.91. The Morgan fingerprint density at radius 2 is 1.95 bits per heavy atom. The molecule has 20 heavy (non-hydrogen) atoms. The number of rotatable bonds is 2. The third-order valence-corrected chi connectivity index (χ3v) is 3.72. The van der Waals surface area contributed by atoms with Crippen molar-refractivity contribution in [1.82, 2.24) is 5.32 Å². The molecule has 0 bridgehead atoms. The van der Waals surface area contributed by atoms with E-state index < -0.39 is 17.6 Å². The summed E-state index contributed by atoms with van der Waals surface area (Å²) >= 11 is 0. The summed E-state index contributed by atoms with van der Waals surface area (Å²) in [7, 11) is 0. The second-order valence-corrected chi connectivity index (χ2v) is 5.31. The Kier molecular flexibility index (Phi) is 4.71. The first-order valence-corrected chi connectivity index (χ1v) is 6.93. The minimum atomic E-state index is -0.756. The lowest BCUT2D eigenvalue weighted by Gasteiger charge is -2.29. The summed E-state index contributed by atoms with van der Waals surface area (Å²) in [6.07, 6.45) is 4.21. The van der Waals surface area contributed by atoms with Gasteiger partial charge in [0.15, 0.2) is 0 Å². The van der Waals surface area contributed by atoms with Crippen LogP contribution in [-0.4, -0.2) is 17.9 Å². The minimum absolute atomic E-state index is 0.0505. The van der Waals surface area contributed by atoms with Gasteiger partial charge in [-0.15, -0.1) is 0 Å². The highest BCUT2D eigenvalue weighted by molar-refractivity contribution is 6.39. The normalized spacial score (nSPS) is 22.1. The quantitative estimate of drug-likeness (QED) is 0.816. The lowest BCUT2D eigenvalue weighted by Crippen LogP contribution is -2.45. The first-order valence-electron chi connectivity index (χ1n) is 6.93. The number of anilines is 1. The van der Waals surface area contributed by atoms with Crippen LogP contribution in [0.5, 0.6) is 0 Å². The largest absolute Gasteiger partial charge is 0.345 e. The fourth-order valence-corrected chi connectivity index (χ4v) is 2.52. The van der Waals surface area contributed by atoms with Crippen LogP contribution in [0.4, 0.5) is 10.1 Å². The molecular weight excluding hydrogens is 259 g/mol. The first-order chi connectivity index (χ1) is 9.56. The van der Waals surface area contributed by atoms with Crippen molar-refractivity contribution in [1.29, 1.82) is 0 Å². The third kappa shape index (κ3) is 3.79. The zero-order valence-corrected chi connectivity index (χ0v) is 11.5. The van der Waals surface area contributed by atoms with E-state index in [1.807, 2.05) is 0 Å². The molecule has 4 nitrogen and oxygen atoms in total. The Morgan fingerprint density at radius 1 is 1.20 bits per heavy atom. The molecule has 0 radical (unpaired) electrons. The van der Waals surface area contributed by atoms with E-state index in [2.05, 4.69) is 17.6 Å². The summed E-state index contributed by atoms with van der Waals surface area (Å²) in [5.74, 6) is -1.49. The summed E-state index contributed by atoms with van der Waals surface area (Å²) in [6.45, 7) is 2.08. The Labute approximate surface area is 117 Å². The molecule has 0 saturated heterocycles. The highest BCUT2D eigenvalue weighted by Crippen LogP contribution is 2.23. The van der Waals surface area contributed by atoms with Crippen LogP contribution in [0, 0.1) is 11.7 Å². The Bertz CT molecular complexity index is 504. The Balaban J connectivity index is 1.90. The van der Waals surface area contributed by atoms with Crippen molar-refractivity contribution in [3.05, 3.63) is 30.1 Å². The molecule has 1 aromatic carbocycles. The van der Waals surface area contributed by atoms with Gasteiger partial charge >= 0.3 is 11.8 Å². The molecule has 0 heterocycles. The lowest BCUT2D eigenvalue weighted by molar-refractivity contribution is -0.137. The number of hydrogen-bond acceptors (Lipinski definition) is 2. The molecular formula is C15H19FN2O2. The number of carbonyl (C=O) groups excluding carboxylic acids is 2. The van der Waals surface area contributed by atoms with E-state index in [0.29, 0.717) is 5.92 Å². The van der Waals surface area contributed by atoms with Crippen LogP contribution in [0.15, 0.2) is 24.3 Å². The van der Waals surface area contributed by atoms with Crippen molar-refractivity contribution in [3.8, 4) is 0 Å². The van der Waals surface area contributed by atoms with Gasteiger partial charge in [-0.05, 0) is 37.0 Å². The van der Waals surface area contributed by atoms with Gasteiger partial charge in [0.25, 0.3) is 0 Å². The van der Waals surface area contributed by atoms with Crippen molar-refractivity contribution < 1.29 is 14.0 Å². The maximum absolute atomic E-state index is 13.0. The molecule has 1 fully saturated rings. The molecule has 1 saturated carbocycles. The van der Waals surface area contributed by atoms with E-state index in [9.17, 15) is 14.0 Å².